The molecule has 0 aromatic carbocycles. The Morgan fingerprint density at radius 3 is 0.500 bits per heavy atom. The zero-order valence-electron chi connectivity index (χ0n) is 3.31. The minimum atomic E-state index is 0. The Morgan fingerprint density at radius 1 is 0.500 bits per heavy atom. The fourth-order valence-corrected chi connectivity index (χ4v) is 0. The summed E-state index contributed by atoms with van der Waals surface area (Å²) in [5.74, 6) is 0. The van der Waals surface area contributed by atoms with Crippen molar-refractivity contribution in [3.63, 3.8) is 0 Å². The topological polar surface area (TPSA) is 0 Å². The molecule has 0 bridgehead atoms. The molecule has 0 unspecified atom stereocenters. The van der Waals surface area contributed by atoms with Gasteiger partial charge >= 0.3 is 75.6 Å². The maximum atomic E-state index is 0. The van der Waals surface area contributed by atoms with Gasteiger partial charge in [0.1, 0.15) is 0 Å². The fourth-order valence-electron chi connectivity index (χ4n) is 0. The van der Waals surface area contributed by atoms with Gasteiger partial charge in [0.2, 0.25) is 0 Å². The van der Waals surface area contributed by atoms with E-state index in [1.54, 1.807) is 0 Å². The molecule has 0 nitrogen and oxygen atoms in total. The van der Waals surface area contributed by atoms with Crippen molar-refractivity contribution in [1.82, 2.24) is 0 Å². The van der Waals surface area contributed by atoms with Gasteiger partial charge in [0.05, 0.1) is 0 Å². The van der Waals surface area contributed by atoms with Gasteiger partial charge < -0.3 is 18.0 Å². The summed E-state index contributed by atoms with van der Waals surface area (Å²) in [5.41, 5.74) is 0. The van der Waals surface area contributed by atoms with E-state index in [-0.39, 0.29) is 171 Å². The van der Waals surface area contributed by atoms with E-state index in [4.69, 9.17) is 0 Å². The van der Waals surface area contributed by atoms with Crippen LogP contribution in [0.1, 0.15) is 0 Å². The minimum absolute atomic E-state index is 0. The molecule has 8 heavy (non-hydrogen) atoms. The summed E-state index contributed by atoms with van der Waals surface area (Å²) in [5, 5.41) is 0. The molecule has 0 fully saturated rings. The van der Waals surface area contributed by atoms with Crippen LogP contribution in [0.25, 0.3) is 0 Å². The van der Waals surface area contributed by atoms with Crippen LogP contribution in [0.15, 0.2) is 0 Å². The van der Waals surface area contributed by atoms with E-state index in [2.05, 4.69) is 0 Å². The summed E-state index contributed by atoms with van der Waals surface area (Å²) in [6.45, 7) is 0. The van der Waals surface area contributed by atoms with Crippen molar-refractivity contribution in [3.8, 4) is 0 Å². The molecule has 12 radical (unpaired) electrons. The number of rotatable bonds is 0. The average Bonchev–Trinajstić information content (AvgIpc) is 0. The molecule has 0 aliphatic heterocycles. The molecular formula is H6AsIn3Mn3Sb. The molecular weight excluding hydrogens is 706 g/mol. The molecule has 0 aliphatic carbocycles. The Morgan fingerprint density at radius 2 is 0.500 bits per heavy atom. The third-order valence-corrected chi connectivity index (χ3v) is 0. The van der Waals surface area contributed by atoms with Crippen LogP contribution in [-0.4, -0.2) is 120 Å². The zero-order chi connectivity index (χ0) is 0. The first-order chi connectivity index (χ1) is 0. The molecule has 0 aliphatic rings. The van der Waals surface area contributed by atoms with E-state index < -0.39 is 0 Å². The summed E-state index contributed by atoms with van der Waals surface area (Å²) >= 11 is 0. The van der Waals surface area contributed by atoms with Crippen molar-refractivity contribution < 1.29 is 51.2 Å². The van der Waals surface area contributed by atoms with Gasteiger partial charge in [-0.2, -0.15) is 0 Å². The van der Waals surface area contributed by atoms with Crippen molar-refractivity contribution in [1.29, 1.82) is 0 Å². The maximum absolute atomic E-state index is 0. The van der Waals surface area contributed by atoms with Crippen molar-refractivity contribution in [2.75, 3.05) is 0 Å². The summed E-state index contributed by atoms with van der Waals surface area (Å²) in [6, 6.07) is 0. The van der Waals surface area contributed by atoms with E-state index in [9.17, 15) is 0 Å². The van der Waals surface area contributed by atoms with E-state index in [1.165, 1.54) is 0 Å². The van der Waals surface area contributed by atoms with Crippen molar-refractivity contribution >= 4 is 120 Å². The van der Waals surface area contributed by atoms with Gasteiger partial charge in [0.15, 0.2) is 0 Å². The van der Waals surface area contributed by atoms with E-state index in [1.807, 2.05) is 0 Å². The molecule has 46 valence electrons. The summed E-state index contributed by atoms with van der Waals surface area (Å²) in [7, 11) is 0. The fraction of sp³-hybridized carbons (Fsp3) is 0. The van der Waals surface area contributed by atoms with Crippen LogP contribution in [-0.2, 0) is 51.2 Å². The van der Waals surface area contributed by atoms with Crippen LogP contribution in [0.4, 0.5) is 0 Å². The van der Waals surface area contributed by atoms with Gasteiger partial charge in [0, 0.05) is 77.5 Å². The second-order valence-electron chi connectivity index (χ2n) is 0. The first kappa shape index (κ1) is 69.3. The SMILES string of the molecule is [As-3].[In].[In].[In].[Mn+2].[Mn+2].[Mn+2].[SbH6-3]. The van der Waals surface area contributed by atoms with Gasteiger partial charge in [-0.1, -0.05) is 0 Å². The van der Waals surface area contributed by atoms with Crippen LogP contribution in [0.5, 0.6) is 0 Å². The Kier molecular flexibility index (Phi) is 471. The van der Waals surface area contributed by atoms with Crippen LogP contribution in [0.2, 0.25) is 0 Å². The third-order valence-electron chi connectivity index (χ3n) is 0. The second-order valence-corrected chi connectivity index (χ2v) is 0. The number of hydrogen-bond acceptors (Lipinski definition) is 0. The molecule has 0 aromatic rings. The number of hydrogen-bond donors (Lipinski definition) is 0. The predicted octanol–water partition coefficient (Wildman–Crippen LogP) is -3.52. The Hall–Kier alpha value is 5.55. The standard InChI is InChI=1S/As.3In.3Mn.Sb.6H/q-3;;;;3*+2;-3;;;;;;. The summed E-state index contributed by atoms with van der Waals surface area (Å²) < 4.78 is 0. The van der Waals surface area contributed by atoms with Gasteiger partial charge in [-0.15, -0.1) is 0 Å². The van der Waals surface area contributed by atoms with Crippen LogP contribution >= 0.6 is 0 Å². The van der Waals surface area contributed by atoms with Crippen LogP contribution in [0.3, 0.4) is 0 Å². The van der Waals surface area contributed by atoms with Crippen molar-refractivity contribution in [3.05, 3.63) is 0 Å². The first-order valence-corrected chi connectivity index (χ1v) is 0. The average molecular weight is 712 g/mol. The molecule has 0 N–H and O–H groups in total. The molecule has 0 saturated heterocycles. The molecule has 0 atom stereocenters. The monoisotopic (exact) mass is 711 g/mol. The molecule has 0 aromatic heterocycles. The molecule has 0 saturated carbocycles. The van der Waals surface area contributed by atoms with Gasteiger partial charge in [-0.05, 0) is 0 Å². The Labute approximate surface area is 167 Å². The zero-order valence-corrected chi connectivity index (χ0v) is 18.6. The quantitative estimate of drug-likeness (QED) is 0.229. The van der Waals surface area contributed by atoms with Gasteiger partial charge in [-0.3, -0.25) is 0 Å². The van der Waals surface area contributed by atoms with Crippen molar-refractivity contribution in [2.45, 2.75) is 0 Å². The molecule has 0 heterocycles. The molecule has 0 amide bonds. The third kappa shape index (κ3) is 41.8. The van der Waals surface area contributed by atoms with E-state index >= 15 is 0 Å². The summed E-state index contributed by atoms with van der Waals surface area (Å²) in [4.78, 5) is 0. The molecule has 0 rings (SSSR count). The van der Waals surface area contributed by atoms with Crippen LogP contribution in [0, 0.1) is 0 Å². The Bertz CT molecular complexity index is 14.5. The normalized spacial score (nSPS) is 0. The van der Waals surface area contributed by atoms with E-state index in [0.29, 0.717) is 0 Å². The van der Waals surface area contributed by atoms with Crippen LogP contribution < -0.4 is 0 Å². The first-order valence-electron chi connectivity index (χ1n) is 0. The Balaban J connectivity index is 0. The van der Waals surface area contributed by atoms with Crippen molar-refractivity contribution in [2.24, 2.45) is 0 Å². The van der Waals surface area contributed by atoms with Gasteiger partial charge in [-0.25, -0.2) is 0 Å². The molecule has 8 heteroatoms. The summed E-state index contributed by atoms with van der Waals surface area (Å²) in [6.07, 6.45) is 0. The molecule has 0 spiro atoms. The second kappa shape index (κ2) is 54.4. The predicted molar refractivity (Wildman–Crippen MR) is 37.1 cm³/mol. The van der Waals surface area contributed by atoms with Gasteiger partial charge in [0.25, 0.3) is 0 Å². The van der Waals surface area contributed by atoms with E-state index in [0.717, 1.165) is 0 Å².